The molecule has 0 bridgehead atoms. The van der Waals surface area contributed by atoms with Crippen LogP contribution in [-0.4, -0.2) is 58.5 Å². The van der Waals surface area contributed by atoms with Gasteiger partial charge in [-0.2, -0.15) is 10.3 Å². The highest BCUT2D eigenvalue weighted by molar-refractivity contribution is 5.94. The SMILES string of the molecule is CCOC(=O)c1n[nH]nc1-c1ccccc1OCCN1CCCC1=O. The lowest BCUT2D eigenvalue weighted by Gasteiger charge is -2.16. The maximum Gasteiger partial charge on any atom is 0.361 e. The Morgan fingerprint density at radius 2 is 2.16 bits per heavy atom. The molecule has 1 aromatic carbocycles. The maximum absolute atomic E-state index is 12.0. The Kier molecular flexibility index (Phi) is 5.27. The Labute approximate surface area is 145 Å². The fourth-order valence-corrected chi connectivity index (χ4v) is 2.75. The fourth-order valence-electron chi connectivity index (χ4n) is 2.75. The number of aromatic amines is 1. The van der Waals surface area contributed by atoms with Crippen LogP contribution in [0.25, 0.3) is 11.3 Å². The fraction of sp³-hybridized carbons (Fsp3) is 0.412. The first kappa shape index (κ1) is 16.9. The number of nitrogens with one attached hydrogen (secondary N) is 1. The molecule has 8 nitrogen and oxygen atoms in total. The number of nitrogens with zero attached hydrogens (tertiary/aromatic N) is 3. The average Bonchev–Trinajstić information content (AvgIpc) is 3.25. The van der Waals surface area contributed by atoms with Gasteiger partial charge in [0.05, 0.1) is 13.2 Å². The van der Waals surface area contributed by atoms with E-state index in [1.54, 1.807) is 24.0 Å². The summed E-state index contributed by atoms with van der Waals surface area (Å²) in [5, 5.41) is 10.4. The first-order valence-electron chi connectivity index (χ1n) is 8.28. The van der Waals surface area contributed by atoms with Crippen molar-refractivity contribution >= 4 is 11.9 Å². The summed E-state index contributed by atoms with van der Waals surface area (Å²) in [6.07, 6.45) is 1.51. The Balaban J connectivity index is 1.74. The molecule has 1 fully saturated rings. The minimum absolute atomic E-state index is 0.118. The number of likely N-dealkylation sites (tertiary alicyclic amines) is 1. The summed E-state index contributed by atoms with van der Waals surface area (Å²) in [4.78, 5) is 25.4. The van der Waals surface area contributed by atoms with E-state index in [1.807, 2.05) is 12.1 Å². The van der Waals surface area contributed by atoms with E-state index in [4.69, 9.17) is 9.47 Å². The minimum Gasteiger partial charge on any atom is -0.491 e. The second-order valence-corrected chi connectivity index (χ2v) is 5.57. The van der Waals surface area contributed by atoms with Gasteiger partial charge in [0.2, 0.25) is 5.91 Å². The third-order valence-electron chi connectivity index (χ3n) is 3.95. The predicted molar refractivity (Wildman–Crippen MR) is 89.1 cm³/mol. The van der Waals surface area contributed by atoms with Crippen molar-refractivity contribution in [3.8, 4) is 17.0 Å². The number of hydrogen-bond donors (Lipinski definition) is 1. The van der Waals surface area contributed by atoms with Crippen LogP contribution in [0.2, 0.25) is 0 Å². The third-order valence-corrected chi connectivity index (χ3v) is 3.95. The van der Waals surface area contributed by atoms with Crippen LogP contribution in [0.4, 0.5) is 0 Å². The molecule has 1 aliphatic heterocycles. The molecule has 0 radical (unpaired) electrons. The van der Waals surface area contributed by atoms with Gasteiger partial charge in [-0.3, -0.25) is 4.79 Å². The molecular weight excluding hydrogens is 324 g/mol. The first-order valence-corrected chi connectivity index (χ1v) is 8.28. The Morgan fingerprint density at radius 3 is 2.92 bits per heavy atom. The number of rotatable bonds is 7. The number of carbonyl (C=O) groups excluding carboxylic acids is 2. The number of hydrogen-bond acceptors (Lipinski definition) is 6. The second kappa shape index (κ2) is 7.78. The van der Waals surface area contributed by atoms with Gasteiger partial charge < -0.3 is 14.4 Å². The molecule has 1 N–H and O–H groups in total. The van der Waals surface area contributed by atoms with Crippen molar-refractivity contribution < 1.29 is 19.1 Å². The molecule has 1 aliphatic rings. The lowest BCUT2D eigenvalue weighted by molar-refractivity contribution is -0.128. The zero-order chi connectivity index (χ0) is 17.6. The number of esters is 1. The van der Waals surface area contributed by atoms with Crippen molar-refractivity contribution in [2.45, 2.75) is 19.8 Å². The largest absolute Gasteiger partial charge is 0.491 e. The molecule has 0 atom stereocenters. The lowest BCUT2D eigenvalue weighted by Crippen LogP contribution is -2.29. The van der Waals surface area contributed by atoms with E-state index < -0.39 is 5.97 Å². The molecule has 1 saturated heterocycles. The molecule has 0 unspecified atom stereocenters. The van der Waals surface area contributed by atoms with Crippen molar-refractivity contribution in [2.24, 2.45) is 0 Å². The van der Waals surface area contributed by atoms with Crippen molar-refractivity contribution in [2.75, 3.05) is 26.3 Å². The molecule has 8 heteroatoms. The van der Waals surface area contributed by atoms with E-state index in [2.05, 4.69) is 15.4 Å². The number of benzene rings is 1. The van der Waals surface area contributed by atoms with E-state index in [-0.39, 0.29) is 18.2 Å². The molecule has 0 aliphatic carbocycles. The van der Waals surface area contributed by atoms with Gasteiger partial charge in [0.1, 0.15) is 18.1 Å². The van der Waals surface area contributed by atoms with Crippen LogP contribution >= 0.6 is 0 Å². The summed E-state index contributed by atoms with van der Waals surface area (Å²) in [5.41, 5.74) is 1.14. The predicted octanol–water partition coefficient (Wildman–Crippen LogP) is 1.65. The van der Waals surface area contributed by atoms with Crippen LogP contribution in [0, 0.1) is 0 Å². The summed E-state index contributed by atoms with van der Waals surface area (Å²) in [5.74, 6) is 0.204. The zero-order valence-electron chi connectivity index (χ0n) is 14.0. The Morgan fingerprint density at radius 1 is 1.32 bits per heavy atom. The summed E-state index contributed by atoms with van der Waals surface area (Å²) < 4.78 is 10.8. The summed E-state index contributed by atoms with van der Waals surface area (Å²) in [7, 11) is 0. The smallest absolute Gasteiger partial charge is 0.361 e. The molecule has 132 valence electrons. The second-order valence-electron chi connectivity index (χ2n) is 5.57. The molecule has 2 heterocycles. The standard InChI is InChI=1S/C17H20N4O4/c1-2-24-17(23)16-15(18-20-19-16)12-6-3-4-7-13(12)25-11-10-21-9-5-8-14(21)22/h3-4,6-7H,2,5,8-11H2,1H3,(H,18,19,20). The van der Waals surface area contributed by atoms with Gasteiger partial charge in [-0.1, -0.05) is 12.1 Å². The molecule has 3 rings (SSSR count). The van der Waals surface area contributed by atoms with Crippen molar-refractivity contribution in [3.05, 3.63) is 30.0 Å². The Hall–Kier alpha value is -2.90. The van der Waals surface area contributed by atoms with Crippen LogP contribution < -0.4 is 4.74 Å². The van der Waals surface area contributed by atoms with Crippen LogP contribution in [0.5, 0.6) is 5.75 Å². The number of aromatic nitrogens is 3. The third kappa shape index (κ3) is 3.78. The number of carbonyl (C=O) groups is 2. The van der Waals surface area contributed by atoms with Crippen LogP contribution in [0.1, 0.15) is 30.3 Å². The van der Waals surface area contributed by atoms with Gasteiger partial charge in [0.15, 0.2) is 5.69 Å². The van der Waals surface area contributed by atoms with Crippen molar-refractivity contribution in [1.82, 2.24) is 20.3 Å². The van der Waals surface area contributed by atoms with E-state index >= 15 is 0 Å². The summed E-state index contributed by atoms with van der Waals surface area (Å²) in [6.45, 7) is 3.67. The van der Waals surface area contributed by atoms with Gasteiger partial charge >= 0.3 is 5.97 Å². The molecule has 2 aromatic rings. The number of para-hydroxylation sites is 1. The van der Waals surface area contributed by atoms with Crippen LogP contribution in [0.3, 0.4) is 0 Å². The highest BCUT2D eigenvalue weighted by Gasteiger charge is 2.22. The van der Waals surface area contributed by atoms with Gasteiger partial charge in [0, 0.05) is 18.5 Å². The summed E-state index contributed by atoms with van der Waals surface area (Å²) >= 11 is 0. The maximum atomic E-state index is 12.0. The molecule has 1 aromatic heterocycles. The van der Waals surface area contributed by atoms with Crippen molar-refractivity contribution in [3.63, 3.8) is 0 Å². The van der Waals surface area contributed by atoms with E-state index in [1.165, 1.54) is 0 Å². The summed E-state index contributed by atoms with van der Waals surface area (Å²) in [6, 6.07) is 7.27. The molecule has 0 saturated carbocycles. The van der Waals surface area contributed by atoms with E-state index in [0.29, 0.717) is 36.6 Å². The minimum atomic E-state index is -0.538. The van der Waals surface area contributed by atoms with Gasteiger partial charge in [-0.05, 0) is 25.5 Å². The highest BCUT2D eigenvalue weighted by Crippen LogP contribution is 2.30. The monoisotopic (exact) mass is 344 g/mol. The van der Waals surface area contributed by atoms with Gasteiger partial charge in [-0.25, -0.2) is 4.79 Å². The highest BCUT2D eigenvalue weighted by atomic mass is 16.5. The lowest BCUT2D eigenvalue weighted by atomic mass is 10.1. The molecule has 25 heavy (non-hydrogen) atoms. The molecule has 1 amide bonds. The van der Waals surface area contributed by atoms with Crippen molar-refractivity contribution in [1.29, 1.82) is 0 Å². The van der Waals surface area contributed by atoms with Crippen LogP contribution in [0.15, 0.2) is 24.3 Å². The topological polar surface area (TPSA) is 97.4 Å². The average molecular weight is 344 g/mol. The van der Waals surface area contributed by atoms with Gasteiger partial charge in [-0.15, -0.1) is 5.10 Å². The normalized spacial score (nSPS) is 14.0. The molecular formula is C17H20N4O4. The number of H-pyrrole nitrogens is 1. The first-order chi connectivity index (χ1) is 12.2. The van der Waals surface area contributed by atoms with E-state index in [0.717, 1.165) is 13.0 Å². The molecule has 0 spiro atoms. The number of amides is 1. The zero-order valence-corrected chi connectivity index (χ0v) is 14.0. The van der Waals surface area contributed by atoms with Crippen LogP contribution in [-0.2, 0) is 9.53 Å². The number of ether oxygens (including phenoxy) is 2. The Bertz CT molecular complexity index is 759. The van der Waals surface area contributed by atoms with Gasteiger partial charge in [0.25, 0.3) is 0 Å². The quantitative estimate of drug-likeness (QED) is 0.767. The van der Waals surface area contributed by atoms with E-state index in [9.17, 15) is 9.59 Å².